The largest absolute Gasteiger partial charge is 0.383 e. The molecule has 7 nitrogen and oxygen atoms in total. The Bertz CT molecular complexity index is 486. The lowest BCUT2D eigenvalue weighted by Gasteiger charge is -2.10. The van der Waals surface area contributed by atoms with Gasteiger partial charge in [0.2, 0.25) is 0 Å². The third-order valence-corrected chi connectivity index (χ3v) is 2.56. The average Bonchev–Trinajstić information content (AvgIpc) is 2.36. The Kier molecular flexibility index (Phi) is 5.28. The smallest absolute Gasteiger partial charge is 0.281 e. The molecule has 0 fully saturated rings. The molecule has 104 valence electrons. The van der Waals surface area contributed by atoms with Crippen LogP contribution in [0.25, 0.3) is 6.08 Å². The van der Waals surface area contributed by atoms with Crippen LogP contribution in [0.1, 0.15) is 18.1 Å². The van der Waals surface area contributed by atoms with Crippen LogP contribution in [0.5, 0.6) is 0 Å². The van der Waals surface area contributed by atoms with Gasteiger partial charge >= 0.3 is 0 Å². The molecule has 0 unspecified atom stereocenters. The van der Waals surface area contributed by atoms with Crippen molar-refractivity contribution in [1.82, 2.24) is 4.90 Å². The summed E-state index contributed by atoms with van der Waals surface area (Å²) in [5.74, 6) is 0. The number of nitro groups is 1. The highest BCUT2D eigenvalue weighted by Crippen LogP contribution is 2.32. The Labute approximate surface area is 111 Å². The van der Waals surface area contributed by atoms with Crippen LogP contribution < -0.4 is 5.48 Å². The fourth-order valence-corrected chi connectivity index (χ4v) is 1.74. The monoisotopic (exact) mass is 267 g/mol. The Balaban J connectivity index is 3.37. The molecule has 0 aromatic heterocycles. The van der Waals surface area contributed by atoms with Crippen LogP contribution in [0.3, 0.4) is 0 Å². The molecule has 0 bridgehead atoms. The second-order valence-electron chi connectivity index (χ2n) is 4.11. The van der Waals surface area contributed by atoms with Crippen LogP contribution in [0.4, 0.5) is 11.4 Å². The van der Waals surface area contributed by atoms with Crippen LogP contribution in [0.2, 0.25) is 0 Å². The summed E-state index contributed by atoms with van der Waals surface area (Å²) < 4.78 is 0. The first-order valence-electron chi connectivity index (χ1n) is 5.72. The van der Waals surface area contributed by atoms with Crippen LogP contribution in [0.15, 0.2) is 18.3 Å². The Morgan fingerprint density at radius 2 is 2.21 bits per heavy atom. The maximum atomic E-state index is 11.2. The number of hydrogen-bond donors (Lipinski definition) is 2. The summed E-state index contributed by atoms with van der Waals surface area (Å²) in [6, 6.07) is 3.22. The van der Waals surface area contributed by atoms with Gasteiger partial charge in [-0.3, -0.25) is 10.1 Å². The number of anilines is 1. The van der Waals surface area contributed by atoms with Crippen molar-refractivity contribution in [2.24, 2.45) is 0 Å². The molecule has 0 aliphatic heterocycles. The van der Waals surface area contributed by atoms with Gasteiger partial charge in [-0.15, -0.1) is 4.99 Å². The van der Waals surface area contributed by atoms with Gasteiger partial charge in [-0.25, -0.2) is 10.7 Å². The van der Waals surface area contributed by atoms with Crippen LogP contribution >= 0.6 is 0 Å². The average molecular weight is 267 g/mol. The lowest BCUT2D eigenvalue weighted by atomic mass is 10.0. The van der Waals surface area contributed by atoms with E-state index < -0.39 is 4.92 Å². The maximum absolute atomic E-state index is 11.2. The quantitative estimate of drug-likeness (QED) is 0.467. The fraction of sp³-hybridized carbons (Fsp3) is 0.333. The molecule has 0 saturated carbocycles. The Morgan fingerprint density at radius 3 is 2.68 bits per heavy atom. The van der Waals surface area contributed by atoms with Crippen molar-refractivity contribution in [2.45, 2.75) is 13.3 Å². The molecule has 0 saturated heterocycles. The summed E-state index contributed by atoms with van der Waals surface area (Å²) in [4.78, 5) is 16.4. The number of nitro benzene ring substituents is 1. The summed E-state index contributed by atoms with van der Waals surface area (Å²) in [6.07, 6.45) is 3.84. The van der Waals surface area contributed by atoms with Gasteiger partial charge < -0.3 is 4.90 Å². The normalized spacial score (nSPS) is 10.7. The number of rotatable bonds is 6. The number of nitrogens with one attached hydrogen (secondary N) is 1. The molecule has 1 aromatic carbocycles. The van der Waals surface area contributed by atoms with Crippen LogP contribution in [-0.4, -0.2) is 29.2 Å². The molecule has 0 spiro atoms. The summed E-state index contributed by atoms with van der Waals surface area (Å²) in [6.45, 7) is 1.80. The minimum Gasteiger partial charge on any atom is -0.383 e. The predicted molar refractivity (Wildman–Crippen MR) is 72.5 cm³/mol. The standard InChI is InChI=1S/C12H17N3O4/c1-4-10-11(13-19-18)6-5-9(7-8-14(2)3)12(10)15(16)17/h5-8,13,18H,4H2,1-3H3/b8-7+. The van der Waals surface area contributed by atoms with Gasteiger partial charge in [-0.05, 0) is 30.8 Å². The lowest BCUT2D eigenvalue weighted by Crippen LogP contribution is -2.05. The molecule has 1 aromatic rings. The van der Waals surface area contributed by atoms with Gasteiger partial charge in [0.1, 0.15) is 0 Å². The first-order chi connectivity index (χ1) is 9.01. The summed E-state index contributed by atoms with van der Waals surface area (Å²) >= 11 is 0. The molecule has 7 heteroatoms. The van der Waals surface area contributed by atoms with Gasteiger partial charge in [0.25, 0.3) is 5.69 Å². The lowest BCUT2D eigenvalue weighted by molar-refractivity contribution is -0.385. The van der Waals surface area contributed by atoms with E-state index in [1.807, 2.05) is 14.1 Å². The van der Waals surface area contributed by atoms with Crippen molar-refractivity contribution < 1.29 is 15.2 Å². The molecule has 0 heterocycles. The molecular weight excluding hydrogens is 250 g/mol. The zero-order chi connectivity index (χ0) is 14.4. The van der Waals surface area contributed by atoms with Gasteiger partial charge in [0.15, 0.2) is 0 Å². The highest BCUT2D eigenvalue weighted by Gasteiger charge is 2.20. The van der Waals surface area contributed by atoms with Crippen molar-refractivity contribution in [1.29, 1.82) is 0 Å². The van der Waals surface area contributed by atoms with E-state index in [0.717, 1.165) is 0 Å². The molecule has 1 rings (SSSR count). The molecule has 0 aliphatic rings. The van der Waals surface area contributed by atoms with E-state index in [1.165, 1.54) is 0 Å². The summed E-state index contributed by atoms with van der Waals surface area (Å²) in [5, 5.41) is 19.6. The second-order valence-corrected chi connectivity index (χ2v) is 4.11. The first-order valence-corrected chi connectivity index (χ1v) is 5.72. The SMILES string of the molecule is CCc1c(NOO)ccc(/C=C/N(C)C)c1[N+](=O)[O-]. The first kappa shape index (κ1) is 14.9. The molecule has 0 atom stereocenters. The van der Waals surface area contributed by atoms with Gasteiger partial charge in [0, 0.05) is 14.1 Å². The second kappa shape index (κ2) is 6.72. The third kappa shape index (κ3) is 3.67. The van der Waals surface area contributed by atoms with Crippen LogP contribution in [0, 0.1) is 10.1 Å². The van der Waals surface area contributed by atoms with Gasteiger partial charge in [0.05, 0.1) is 21.7 Å². The predicted octanol–water partition coefficient (Wildman–Crippen LogP) is 2.51. The number of benzene rings is 1. The molecule has 0 amide bonds. The number of hydrogen-bond acceptors (Lipinski definition) is 6. The van der Waals surface area contributed by atoms with Crippen molar-refractivity contribution in [2.75, 3.05) is 19.6 Å². The minimum atomic E-state index is -0.434. The van der Waals surface area contributed by atoms with Gasteiger partial charge in [-0.1, -0.05) is 6.92 Å². The summed E-state index contributed by atoms with van der Waals surface area (Å²) in [5.41, 5.74) is 3.58. The van der Waals surface area contributed by atoms with Crippen molar-refractivity contribution in [3.05, 3.63) is 39.6 Å². The maximum Gasteiger partial charge on any atom is 0.281 e. The van der Waals surface area contributed by atoms with Crippen molar-refractivity contribution >= 4 is 17.5 Å². The van der Waals surface area contributed by atoms with E-state index in [4.69, 9.17) is 5.26 Å². The zero-order valence-corrected chi connectivity index (χ0v) is 11.1. The van der Waals surface area contributed by atoms with E-state index in [0.29, 0.717) is 23.2 Å². The van der Waals surface area contributed by atoms with E-state index >= 15 is 0 Å². The van der Waals surface area contributed by atoms with Crippen LogP contribution in [-0.2, 0) is 11.4 Å². The van der Waals surface area contributed by atoms with Gasteiger partial charge in [-0.2, -0.15) is 0 Å². The Hall–Kier alpha value is -2.12. The molecule has 0 aliphatic carbocycles. The molecular formula is C12H17N3O4. The molecule has 0 radical (unpaired) electrons. The zero-order valence-electron chi connectivity index (χ0n) is 11.1. The number of nitrogens with zero attached hydrogens (tertiary/aromatic N) is 2. The van der Waals surface area contributed by atoms with E-state index in [2.05, 4.69) is 10.5 Å². The highest BCUT2D eigenvalue weighted by molar-refractivity contribution is 5.71. The Morgan fingerprint density at radius 1 is 1.53 bits per heavy atom. The van der Waals surface area contributed by atoms with Crippen molar-refractivity contribution in [3.8, 4) is 0 Å². The molecule has 2 N–H and O–H groups in total. The van der Waals surface area contributed by atoms with E-state index in [1.54, 1.807) is 36.2 Å². The van der Waals surface area contributed by atoms with E-state index in [9.17, 15) is 10.1 Å². The third-order valence-electron chi connectivity index (χ3n) is 2.56. The topological polar surface area (TPSA) is 87.9 Å². The molecule has 19 heavy (non-hydrogen) atoms. The highest BCUT2D eigenvalue weighted by atomic mass is 17.2. The summed E-state index contributed by atoms with van der Waals surface area (Å²) in [7, 11) is 3.66. The fourth-order valence-electron chi connectivity index (χ4n) is 1.74. The van der Waals surface area contributed by atoms with Crippen molar-refractivity contribution in [3.63, 3.8) is 0 Å². The minimum absolute atomic E-state index is 0.00245. The van der Waals surface area contributed by atoms with E-state index in [-0.39, 0.29) is 5.69 Å².